The van der Waals surface area contributed by atoms with Gasteiger partial charge in [-0.25, -0.2) is 8.42 Å². The third-order valence-corrected chi connectivity index (χ3v) is 6.40. The highest BCUT2D eigenvalue weighted by Crippen LogP contribution is 2.36. The van der Waals surface area contributed by atoms with Crippen molar-refractivity contribution >= 4 is 21.2 Å². The Morgan fingerprint density at radius 2 is 1.86 bits per heavy atom. The fourth-order valence-corrected chi connectivity index (χ4v) is 4.96. The van der Waals surface area contributed by atoms with E-state index in [0.29, 0.717) is 6.42 Å². The molecule has 5 heteroatoms. The number of hydrogen-bond acceptors (Lipinski definition) is 4. The van der Waals surface area contributed by atoms with Crippen molar-refractivity contribution in [3.05, 3.63) is 63.7 Å². The Morgan fingerprint density at radius 3 is 2.52 bits per heavy atom. The lowest BCUT2D eigenvalue weighted by Gasteiger charge is -2.25. The third-order valence-electron chi connectivity index (χ3n) is 3.78. The fraction of sp³-hybridized carbons (Fsp3) is 0.250. The summed E-state index contributed by atoms with van der Waals surface area (Å²) >= 11 is 1.60. The van der Waals surface area contributed by atoms with Gasteiger partial charge in [0, 0.05) is 5.92 Å². The van der Waals surface area contributed by atoms with Gasteiger partial charge in [0.15, 0.2) is 0 Å². The number of aliphatic hydroxyl groups is 1. The quantitative estimate of drug-likeness (QED) is 0.943. The molecule has 0 amide bonds. The molecule has 110 valence electrons. The van der Waals surface area contributed by atoms with Gasteiger partial charge in [0.1, 0.15) is 0 Å². The summed E-state index contributed by atoms with van der Waals surface area (Å²) in [6.45, 7) is 0. The molecule has 0 aliphatic heterocycles. The van der Waals surface area contributed by atoms with Gasteiger partial charge in [-0.2, -0.15) is 11.3 Å². The van der Waals surface area contributed by atoms with Crippen LogP contribution in [0.4, 0.5) is 0 Å². The Balaban J connectivity index is 2.03. The standard InChI is InChI=1S/C16H16O3S2/c17-15-7-6-12(13-8-9-20-11-13)10-16(15)21(18,19)14-4-2-1-3-5-14/h1-5,8-12,15,17H,6-7H2/t12-,15-/m1/s1. The Morgan fingerprint density at radius 1 is 1.10 bits per heavy atom. The molecule has 1 N–H and O–H groups in total. The SMILES string of the molecule is O=S(=O)(C1=C[C@H](c2ccsc2)CC[C@H]1O)c1ccccc1. The molecule has 0 unspecified atom stereocenters. The summed E-state index contributed by atoms with van der Waals surface area (Å²) < 4.78 is 25.4. The molecule has 3 rings (SSSR count). The average molecular weight is 320 g/mol. The minimum absolute atomic E-state index is 0.0631. The Kier molecular flexibility index (Phi) is 3.97. The van der Waals surface area contributed by atoms with Crippen LogP contribution in [-0.2, 0) is 9.84 Å². The predicted molar refractivity (Wildman–Crippen MR) is 84.0 cm³/mol. The molecule has 1 heterocycles. The van der Waals surface area contributed by atoms with E-state index in [0.717, 1.165) is 12.0 Å². The maximum atomic E-state index is 12.7. The summed E-state index contributed by atoms with van der Waals surface area (Å²) in [5.41, 5.74) is 1.12. The van der Waals surface area contributed by atoms with Crippen molar-refractivity contribution in [2.75, 3.05) is 0 Å². The van der Waals surface area contributed by atoms with E-state index < -0.39 is 15.9 Å². The zero-order valence-corrected chi connectivity index (χ0v) is 13.0. The van der Waals surface area contributed by atoms with Crippen LogP contribution < -0.4 is 0 Å². The molecule has 0 radical (unpaired) electrons. The summed E-state index contributed by atoms with van der Waals surface area (Å²) in [4.78, 5) is 0.373. The first-order chi connectivity index (χ1) is 10.1. The molecular formula is C16H16O3S2. The zero-order chi connectivity index (χ0) is 14.9. The van der Waals surface area contributed by atoms with Crippen molar-refractivity contribution in [1.82, 2.24) is 0 Å². The smallest absolute Gasteiger partial charge is 0.205 e. The van der Waals surface area contributed by atoms with Crippen LogP contribution in [0.15, 0.2) is 63.0 Å². The second-order valence-electron chi connectivity index (χ2n) is 5.14. The highest BCUT2D eigenvalue weighted by molar-refractivity contribution is 7.95. The molecule has 21 heavy (non-hydrogen) atoms. The van der Waals surface area contributed by atoms with E-state index in [9.17, 15) is 13.5 Å². The van der Waals surface area contributed by atoms with E-state index in [1.54, 1.807) is 47.7 Å². The number of sulfone groups is 1. The third kappa shape index (κ3) is 2.81. The van der Waals surface area contributed by atoms with E-state index in [1.165, 1.54) is 0 Å². The average Bonchev–Trinajstić information content (AvgIpc) is 3.03. The number of rotatable bonds is 3. The Hall–Kier alpha value is -1.43. The lowest BCUT2D eigenvalue weighted by molar-refractivity contribution is 0.195. The van der Waals surface area contributed by atoms with Gasteiger partial charge in [-0.3, -0.25) is 0 Å². The molecule has 0 saturated heterocycles. The minimum Gasteiger partial charge on any atom is -0.388 e. The summed E-state index contributed by atoms with van der Waals surface area (Å²) in [6, 6.07) is 10.3. The first-order valence-corrected chi connectivity index (χ1v) is 9.23. The van der Waals surface area contributed by atoms with Crippen LogP contribution in [0.3, 0.4) is 0 Å². The van der Waals surface area contributed by atoms with Gasteiger partial charge >= 0.3 is 0 Å². The molecule has 1 aromatic heterocycles. The van der Waals surface area contributed by atoms with Crippen LogP contribution >= 0.6 is 11.3 Å². The maximum Gasteiger partial charge on any atom is 0.205 e. The summed E-state index contributed by atoms with van der Waals surface area (Å²) in [5, 5.41) is 14.2. The molecule has 0 spiro atoms. The van der Waals surface area contributed by atoms with Gasteiger partial charge in [0.05, 0.1) is 15.9 Å². The monoisotopic (exact) mass is 320 g/mol. The summed E-state index contributed by atoms with van der Waals surface area (Å²) in [7, 11) is -3.62. The van der Waals surface area contributed by atoms with Crippen molar-refractivity contribution in [1.29, 1.82) is 0 Å². The molecule has 3 nitrogen and oxygen atoms in total. The van der Waals surface area contributed by atoms with Crippen molar-refractivity contribution in [3.63, 3.8) is 0 Å². The van der Waals surface area contributed by atoms with Crippen LogP contribution in [0.1, 0.15) is 24.3 Å². The molecule has 2 atom stereocenters. The Labute approximate surface area is 128 Å². The maximum absolute atomic E-state index is 12.7. The number of hydrogen-bond donors (Lipinski definition) is 1. The first kappa shape index (κ1) is 14.5. The molecular weight excluding hydrogens is 304 g/mol. The molecule has 0 fully saturated rings. The van der Waals surface area contributed by atoms with Crippen molar-refractivity contribution < 1.29 is 13.5 Å². The number of aliphatic hydroxyl groups excluding tert-OH is 1. The number of thiophene rings is 1. The van der Waals surface area contributed by atoms with E-state index in [4.69, 9.17) is 0 Å². The normalized spacial score (nSPS) is 22.8. The lowest BCUT2D eigenvalue weighted by Crippen LogP contribution is -2.24. The fourth-order valence-electron chi connectivity index (χ4n) is 2.63. The number of allylic oxidation sites excluding steroid dienone is 1. The lowest BCUT2D eigenvalue weighted by atomic mass is 9.90. The molecule has 0 bridgehead atoms. The van der Waals surface area contributed by atoms with Crippen LogP contribution in [0.25, 0.3) is 0 Å². The molecule has 1 aliphatic rings. The number of benzene rings is 1. The molecule has 1 aromatic carbocycles. The van der Waals surface area contributed by atoms with Crippen molar-refractivity contribution in [2.45, 2.75) is 29.8 Å². The van der Waals surface area contributed by atoms with Crippen molar-refractivity contribution in [3.8, 4) is 0 Å². The first-order valence-electron chi connectivity index (χ1n) is 6.81. The van der Waals surface area contributed by atoms with Crippen LogP contribution in [0.5, 0.6) is 0 Å². The highest BCUT2D eigenvalue weighted by Gasteiger charge is 2.31. The Bertz CT molecular complexity index is 731. The molecule has 2 aromatic rings. The van der Waals surface area contributed by atoms with Crippen LogP contribution in [0.2, 0.25) is 0 Å². The van der Waals surface area contributed by atoms with E-state index >= 15 is 0 Å². The minimum atomic E-state index is -3.62. The van der Waals surface area contributed by atoms with Gasteiger partial charge in [0.2, 0.25) is 9.84 Å². The molecule has 1 aliphatic carbocycles. The van der Waals surface area contributed by atoms with E-state index in [2.05, 4.69) is 0 Å². The summed E-state index contributed by atoms with van der Waals surface area (Å²) in [5.74, 6) is 0.0631. The highest BCUT2D eigenvalue weighted by atomic mass is 32.2. The van der Waals surface area contributed by atoms with Crippen LogP contribution in [0, 0.1) is 0 Å². The van der Waals surface area contributed by atoms with Gasteiger partial charge in [0.25, 0.3) is 0 Å². The summed E-state index contributed by atoms with van der Waals surface area (Å²) in [6.07, 6.45) is 2.05. The van der Waals surface area contributed by atoms with Gasteiger partial charge < -0.3 is 5.11 Å². The van der Waals surface area contributed by atoms with E-state index in [1.807, 2.05) is 16.8 Å². The zero-order valence-electron chi connectivity index (χ0n) is 11.3. The van der Waals surface area contributed by atoms with Crippen molar-refractivity contribution in [2.24, 2.45) is 0 Å². The predicted octanol–water partition coefficient (Wildman–Crippen LogP) is 3.34. The second-order valence-corrected chi connectivity index (χ2v) is 7.87. The van der Waals surface area contributed by atoms with Crippen LogP contribution in [-0.4, -0.2) is 19.6 Å². The second kappa shape index (κ2) is 5.75. The van der Waals surface area contributed by atoms with Gasteiger partial charge in [-0.05, 0) is 47.4 Å². The van der Waals surface area contributed by atoms with E-state index in [-0.39, 0.29) is 15.7 Å². The van der Waals surface area contributed by atoms with Gasteiger partial charge in [-0.1, -0.05) is 24.3 Å². The largest absolute Gasteiger partial charge is 0.388 e. The topological polar surface area (TPSA) is 54.4 Å². The van der Waals surface area contributed by atoms with Gasteiger partial charge in [-0.15, -0.1) is 0 Å². The molecule has 0 saturated carbocycles.